The molecule has 8 nitrogen and oxygen atoms in total. The number of nitrogens with one attached hydrogen (secondary N) is 1. The number of ether oxygens (including phenoxy) is 2. The third-order valence-electron chi connectivity index (χ3n) is 5.42. The average molecular weight is 434 g/mol. The Labute approximate surface area is 184 Å². The number of imide groups is 1. The Morgan fingerprint density at radius 1 is 0.969 bits per heavy atom. The van der Waals surface area contributed by atoms with E-state index in [0.717, 1.165) is 16.0 Å². The second-order valence-electron chi connectivity index (χ2n) is 7.30. The van der Waals surface area contributed by atoms with Gasteiger partial charge in [0, 0.05) is 46.6 Å². The number of carbonyl (C=O) groups is 3. The first-order valence-corrected chi connectivity index (χ1v) is 10.1. The molecule has 2 amide bonds. The summed E-state index contributed by atoms with van der Waals surface area (Å²) in [7, 11) is 3.00. The fraction of sp³-hybridized carbons (Fsp3) is 0.208. The molecule has 0 unspecified atom stereocenters. The first-order chi connectivity index (χ1) is 15.5. The van der Waals surface area contributed by atoms with Gasteiger partial charge in [0.1, 0.15) is 0 Å². The zero-order valence-corrected chi connectivity index (χ0v) is 17.7. The van der Waals surface area contributed by atoms with Crippen LogP contribution in [-0.2, 0) is 4.79 Å². The van der Waals surface area contributed by atoms with Gasteiger partial charge in [-0.15, -0.1) is 0 Å². The van der Waals surface area contributed by atoms with Crippen LogP contribution < -0.4 is 19.7 Å². The van der Waals surface area contributed by atoms with Crippen molar-refractivity contribution in [1.29, 1.82) is 0 Å². The highest BCUT2D eigenvalue weighted by Crippen LogP contribution is 2.38. The minimum absolute atomic E-state index is 0.0610. The van der Waals surface area contributed by atoms with E-state index in [1.165, 1.54) is 14.2 Å². The lowest BCUT2D eigenvalue weighted by Gasteiger charge is -2.28. The fourth-order valence-electron chi connectivity index (χ4n) is 3.91. The molecule has 0 fully saturated rings. The van der Waals surface area contributed by atoms with Crippen molar-refractivity contribution in [2.45, 2.75) is 12.8 Å². The number of aliphatic carboxylic acids is 1. The molecule has 4 rings (SSSR count). The number of carboxylic acids is 1. The summed E-state index contributed by atoms with van der Waals surface area (Å²) in [6, 6.07) is 13.7. The van der Waals surface area contributed by atoms with Crippen molar-refractivity contribution < 1.29 is 29.0 Å². The third kappa shape index (κ3) is 3.60. The molecule has 0 saturated heterocycles. The van der Waals surface area contributed by atoms with Gasteiger partial charge in [-0.25, -0.2) is 4.90 Å². The number of anilines is 2. The topological polar surface area (TPSA) is 105 Å². The summed E-state index contributed by atoms with van der Waals surface area (Å²) in [5, 5.41) is 13.4. The lowest BCUT2D eigenvalue weighted by molar-refractivity contribution is -0.137. The van der Waals surface area contributed by atoms with Crippen LogP contribution in [-0.4, -0.2) is 43.7 Å². The molecule has 0 saturated carbocycles. The van der Waals surface area contributed by atoms with Gasteiger partial charge in [0.2, 0.25) is 0 Å². The van der Waals surface area contributed by atoms with Crippen molar-refractivity contribution in [1.82, 2.24) is 0 Å². The maximum atomic E-state index is 13.4. The predicted octanol–water partition coefficient (Wildman–Crippen LogP) is 3.93. The number of hydrogen-bond acceptors (Lipinski definition) is 6. The summed E-state index contributed by atoms with van der Waals surface area (Å²) in [5.41, 5.74) is 1.97. The normalized spacial score (nSPS) is 12.8. The summed E-state index contributed by atoms with van der Waals surface area (Å²) in [6.45, 7) is 0.463. The minimum Gasteiger partial charge on any atom is -0.493 e. The number of carboxylic acid groups (broad SMARTS) is 1. The van der Waals surface area contributed by atoms with Gasteiger partial charge in [-0.2, -0.15) is 0 Å². The van der Waals surface area contributed by atoms with Crippen LogP contribution >= 0.6 is 0 Å². The number of rotatable bonds is 8. The van der Waals surface area contributed by atoms with E-state index in [9.17, 15) is 14.4 Å². The SMILES string of the molecule is COc1ccc(N2C(=O)c3cccc4c(NCCCC(=O)O)ccc(c34)C2=O)cc1OC. The smallest absolute Gasteiger partial charge is 0.303 e. The molecule has 0 radical (unpaired) electrons. The molecule has 0 aliphatic carbocycles. The largest absolute Gasteiger partial charge is 0.493 e. The van der Waals surface area contributed by atoms with Crippen molar-refractivity contribution in [3.8, 4) is 11.5 Å². The molecule has 3 aromatic carbocycles. The van der Waals surface area contributed by atoms with E-state index in [2.05, 4.69) is 5.32 Å². The summed E-state index contributed by atoms with van der Waals surface area (Å²) < 4.78 is 10.6. The highest BCUT2D eigenvalue weighted by Gasteiger charge is 2.34. The zero-order valence-electron chi connectivity index (χ0n) is 17.7. The Hall–Kier alpha value is -4.07. The van der Waals surface area contributed by atoms with Gasteiger partial charge in [-0.05, 0) is 36.8 Å². The molecular weight excluding hydrogens is 412 g/mol. The Bertz CT molecular complexity index is 1210. The highest BCUT2D eigenvalue weighted by atomic mass is 16.5. The minimum atomic E-state index is -0.852. The zero-order chi connectivity index (χ0) is 22.8. The Morgan fingerprint density at radius 2 is 1.69 bits per heavy atom. The molecule has 164 valence electrons. The Kier molecular flexibility index (Phi) is 5.68. The monoisotopic (exact) mass is 434 g/mol. The van der Waals surface area contributed by atoms with Gasteiger partial charge in [-0.3, -0.25) is 14.4 Å². The van der Waals surface area contributed by atoms with E-state index in [4.69, 9.17) is 14.6 Å². The van der Waals surface area contributed by atoms with E-state index in [1.54, 1.807) is 42.5 Å². The predicted molar refractivity (Wildman–Crippen MR) is 120 cm³/mol. The van der Waals surface area contributed by atoms with Crippen molar-refractivity contribution in [3.05, 3.63) is 59.7 Å². The van der Waals surface area contributed by atoms with Crippen LogP contribution in [0.2, 0.25) is 0 Å². The van der Waals surface area contributed by atoms with Crippen LogP contribution in [0.3, 0.4) is 0 Å². The second kappa shape index (κ2) is 8.58. The van der Waals surface area contributed by atoms with Crippen LogP contribution in [0.25, 0.3) is 10.8 Å². The molecule has 1 aliphatic rings. The Morgan fingerprint density at radius 3 is 2.38 bits per heavy atom. The summed E-state index contributed by atoms with van der Waals surface area (Å²) >= 11 is 0. The quantitative estimate of drug-likeness (QED) is 0.409. The number of hydrogen-bond donors (Lipinski definition) is 2. The van der Waals surface area contributed by atoms with Gasteiger partial charge in [-0.1, -0.05) is 12.1 Å². The van der Waals surface area contributed by atoms with E-state index in [1.807, 2.05) is 6.07 Å². The van der Waals surface area contributed by atoms with E-state index in [0.29, 0.717) is 46.7 Å². The first-order valence-electron chi connectivity index (χ1n) is 10.1. The molecule has 8 heteroatoms. The van der Waals surface area contributed by atoms with Crippen LogP contribution in [0.5, 0.6) is 11.5 Å². The molecule has 0 atom stereocenters. The van der Waals surface area contributed by atoms with Gasteiger partial charge in [0.25, 0.3) is 11.8 Å². The maximum absolute atomic E-state index is 13.4. The number of amides is 2. The van der Waals surface area contributed by atoms with E-state index >= 15 is 0 Å². The maximum Gasteiger partial charge on any atom is 0.303 e. The van der Waals surface area contributed by atoms with Crippen molar-refractivity contribution in [3.63, 3.8) is 0 Å². The lowest BCUT2D eigenvalue weighted by Crippen LogP contribution is -2.40. The average Bonchev–Trinajstić information content (AvgIpc) is 2.80. The molecule has 3 aromatic rings. The number of methoxy groups -OCH3 is 2. The number of carbonyl (C=O) groups excluding carboxylic acids is 2. The van der Waals surface area contributed by atoms with Crippen LogP contribution in [0.4, 0.5) is 11.4 Å². The summed E-state index contributed by atoms with van der Waals surface area (Å²) in [4.78, 5) is 38.6. The summed E-state index contributed by atoms with van der Waals surface area (Å²) in [5.74, 6) is -0.799. The number of nitrogens with zero attached hydrogens (tertiary/aromatic N) is 1. The number of benzene rings is 3. The standard InChI is InChI=1S/C24H22N2O6/c1-31-19-11-8-14(13-20(19)32-2)26-23(29)16-6-3-5-15-18(25-12-4-7-21(27)28)10-9-17(22(15)16)24(26)30/h3,5-6,8-11,13,25H,4,7,12H2,1-2H3,(H,27,28). The van der Waals surface area contributed by atoms with Gasteiger partial charge < -0.3 is 19.9 Å². The van der Waals surface area contributed by atoms with E-state index < -0.39 is 17.8 Å². The van der Waals surface area contributed by atoms with Crippen molar-refractivity contribution in [2.24, 2.45) is 0 Å². The molecule has 1 heterocycles. The molecule has 32 heavy (non-hydrogen) atoms. The van der Waals surface area contributed by atoms with Gasteiger partial charge in [0.15, 0.2) is 11.5 Å². The molecule has 0 aromatic heterocycles. The second-order valence-corrected chi connectivity index (χ2v) is 7.30. The van der Waals surface area contributed by atoms with Crippen molar-refractivity contribution in [2.75, 3.05) is 31.0 Å². The van der Waals surface area contributed by atoms with Crippen LogP contribution in [0.1, 0.15) is 33.6 Å². The molecule has 0 bridgehead atoms. The lowest BCUT2D eigenvalue weighted by atomic mass is 9.92. The molecule has 1 aliphatic heterocycles. The Balaban J connectivity index is 1.74. The molecule has 2 N–H and O–H groups in total. The third-order valence-corrected chi connectivity index (χ3v) is 5.42. The van der Waals surface area contributed by atoms with Crippen LogP contribution in [0.15, 0.2) is 48.5 Å². The van der Waals surface area contributed by atoms with Gasteiger partial charge in [0.05, 0.1) is 19.9 Å². The molecular formula is C24H22N2O6. The van der Waals surface area contributed by atoms with Crippen LogP contribution in [0, 0.1) is 0 Å². The van der Waals surface area contributed by atoms with Crippen molar-refractivity contribution >= 4 is 39.9 Å². The highest BCUT2D eigenvalue weighted by molar-refractivity contribution is 6.36. The summed E-state index contributed by atoms with van der Waals surface area (Å²) in [6.07, 6.45) is 0.523. The molecule has 0 spiro atoms. The first kappa shape index (κ1) is 21.2. The van der Waals surface area contributed by atoms with E-state index in [-0.39, 0.29) is 6.42 Å². The fourth-order valence-corrected chi connectivity index (χ4v) is 3.91. The van der Waals surface area contributed by atoms with Gasteiger partial charge >= 0.3 is 5.97 Å².